The van der Waals surface area contributed by atoms with Gasteiger partial charge in [-0.05, 0) is 6.07 Å². The Hall–Kier alpha value is -2.65. The van der Waals surface area contributed by atoms with Crippen molar-refractivity contribution in [3.8, 4) is 0 Å². The number of urea groups is 1. The number of benzene rings is 1. The van der Waals surface area contributed by atoms with Crippen molar-refractivity contribution in [3.05, 3.63) is 53.1 Å². The van der Waals surface area contributed by atoms with Gasteiger partial charge in [0.2, 0.25) is 0 Å². The second-order valence-electron chi connectivity index (χ2n) is 5.55. The maximum atomic E-state index is 13.5. The maximum Gasteiger partial charge on any atom is 0.434 e. The van der Waals surface area contributed by atoms with E-state index in [1.807, 2.05) is 0 Å². The van der Waals surface area contributed by atoms with Crippen LogP contribution in [-0.4, -0.2) is 27.0 Å². The van der Waals surface area contributed by atoms with Gasteiger partial charge in [0.15, 0.2) is 5.69 Å². The summed E-state index contributed by atoms with van der Waals surface area (Å²) in [4.78, 5) is 16.9. The molecule has 0 unspecified atom stereocenters. The highest BCUT2D eigenvalue weighted by Gasteiger charge is 2.36. The summed E-state index contributed by atoms with van der Waals surface area (Å²) < 4.78 is 65.7. The lowest BCUT2D eigenvalue weighted by molar-refractivity contribution is -0.141. The molecule has 1 aliphatic rings. The first kappa shape index (κ1) is 17.2. The zero-order valence-corrected chi connectivity index (χ0v) is 12.8. The van der Waals surface area contributed by atoms with Crippen molar-refractivity contribution >= 4 is 6.03 Å². The van der Waals surface area contributed by atoms with Crippen LogP contribution in [0.15, 0.2) is 24.4 Å². The molecule has 0 atom stereocenters. The van der Waals surface area contributed by atoms with Gasteiger partial charge in [0.25, 0.3) is 0 Å². The van der Waals surface area contributed by atoms with E-state index in [9.17, 15) is 26.7 Å². The van der Waals surface area contributed by atoms with Crippen LogP contribution >= 0.6 is 0 Å². The van der Waals surface area contributed by atoms with Crippen LogP contribution in [0.25, 0.3) is 0 Å². The molecule has 2 amide bonds. The van der Waals surface area contributed by atoms with Crippen molar-refractivity contribution < 1.29 is 26.7 Å². The van der Waals surface area contributed by atoms with Crippen molar-refractivity contribution in [2.45, 2.75) is 25.8 Å². The number of hydrogen-bond donors (Lipinski definition) is 1. The first-order chi connectivity index (χ1) is 11.7. The van der Waals surface area contributed by atoms with E-state index < -0.39 is 29.5 Å². The highest BCUT2D eigenvalue weighted by Crippen LogP contribution is 2.29. The van der Waals surface area contributed by atoms with Gasteiger partial charge in [-0.15, -0.1) is 0 Å². The Bertz CT molecular complexity index is 802. The minimum atomic E-state index is -4.54. The normalized spacial score (nSPS) is 14.4. The Morgan fingerprint density at radius 1 is 1.24 bits per heavy atom. The van der Waals surface area contributed by atoms with E-state index in [1.54, 1.807) is 0 Å². The van der Waals surface area contributed by atoms with Gasteiger partial charge in [0, 0.05) is 37.5 Å². The lowest BCUT2D eigenvalue weighted by atomic mass is 10.2. The number of rotatable bonds is 2. The molecule has 25 heavy (non-hydrogen) atoms. The fourth-order valence-corrected chi connectivity index (χ4v) is 2.51. The van der Waals surface area contributed by atoms with Crippen molar-refractivity contribution in [1.82, 2.24) is 19.8 Å². The second-order valence-corrected chi connectivity index (χ2v) is 5.55. The first-order valence-electron chi connectivity index (χ1n) is 7.34. The maximum absolute atomic E-state index is 13.5. The molecular formula is C15H13F5N4O. The Morgan fingerprint density at radius 2 is 2.00 bits per heavy atom. The molecule has 134 valence electrons. The number of alkyl halides is 3. The molecule has 10 heteroatoms. The predicted octanol–water partition coefficient (Wildman–Crippen LogP) is 2.91. The molecule has 1 aliphatic heterocycles. The number of nitrogens with one attached hydrogen (secondary N) is 1. The van der Waals surface area contributed by atoms with Crippen molar-refractivity contribution in [3.63, 3.8) is 0 Å². The molecule has 0 aliphatic carbocycles. The van der Waals surface area contributed by atoms with E-state index >= 15 is 0 Å². The molecule has 0 bridgehead atoms. The van der Waals surface area contributed by atoms with Gasteiger partial charge in [0.05, 0.1) is 6.54 Å². The molecule has 2 heterocycles. The number of imidazole rings is 1. The number of carbonyl (C=O) groups excluding carboxylic acids is 1. The van der Waals surface area contributed by atoms with E-state index in [0.29, 0.717) is 6.07 Å². The summed E-state index contributed by atoms with van der Waals surface area (Å²) in [6.45, 7) is 0.118. The van der Waals surface area contributed by atoms with Gasteiger partial charge in [-0.2, -0.15) is 13.2 Å². The molecular weight excluding hydrogens is 347 g/mol. The molecule has 1 aromatic carbocycles. The van der Waals surface area contributed by atoms with Gasteiger partial charge in [-0.3, -0.25) is 0 Å². The lowest BCUT2D eigenvalue weighted by Crippen LogP contribution is -2.44. The van der Waals surface area contributed by atoms with Gasteiger partial charge in [-0.25, -0.2) is 18.6 Å². The van der Waals surface area contributed by atoms with E-state index in [1.165, 1.54) is 15.5 Å². The minimum absolute atomic E-state index is 0.0895. The van der Waals surface area contributed by atoms with E-state index in [4.69, 9.17) is 0 Å². The highest BCUT2D eigenvalue weighted by atomic mass is 19.4. The quantitative estimate of drug-likeness (QED) is 0.838. The molecule has 2 aromatic rings. The third kappa shape index (κ3) is 3.72. The summed E-state index contributed by atoms with van der Waals surface area (Å²) in [5.41, 5.74) is -0.897. The Labute approximate surface area is 139 Å². The number of nitrogens with zero attached hydrogens (tertiary/aromatic N) is 3. The van der Waals surface area contributed by atoms with Crippen molar-refractivity contribution in [2.24, 2.45) is 0 Å². The molecule has 0 saturated heterocycles. The zero-order valence-electron chi connectivity index (χ0n) is 12.8. The summed E-state index contributed by atoms with van der Waals surface area (Å²) in [7, 11) is 0. The van der Waals surface area contributed by atoms with Crippen molar-refractivity contribution in [2.75, 3.05) is 6.54 Å². The monoisotopic (exact) mass is 360 g/mol. The standard InChI is InChI=1S/C15H13F5N4O/c16-10-2-1-9(11(17)5-10)6-21-14(25)24-4-3-23-7-12(15(18,19)20)22-13(23)8-24/h1-2,5,7H,3-4,6,8H2,(H,21,25). The summed E-state index contributed by atoms with van der Waals surface area (Å²) in [5, 5.41) is 2.46. The van der Waals surface area contributed by atoms with Gasteiger partial charge in [-0.1, -0.05) is 6.07 Å². The van der Waals surface area contributed by atoms with Gasteiger partial charge >= 0.3 is 12.2 Å². The summed E-state index contributed by atoms with van der Waals surface area (Å²) in [6, 6.07) is 2.42. The van der Waals surface area contributed by atoms with E-state index in [0.717, 1.165) is 12.3 Å². The van der Waals surface area contributed by atoms with E-state index in [-0.39, 0.29) is 37.6 Å². The summed E-state index contributed by atoms with van der Waals surface area (Å²) in [5.74, 6) is -1.39. The molecule has 0 fully saturated rings. The first-order valence-corrected chi connectivity index (χ1v) is 7.34. The number of aromatic nitrogens is 2. The van der Waals surface area contributed by atoms with Crippen LogP contribution in [0.4, 0.5) is 26.7 Å². The van der Waals surface area contributed by atoms with Gasteiger partial charge < -0.3 is 14.8 Å². The largest absolute Gasteiger partial charge is 0.434 e. The van der Waals surface area contributed by atoms with Crippen LogP contribution < -0.4 is 5.32 Å². The third-order valence-electron chi connectivity index (χ3n) is 3.83. The fourth-order valence-electron chi connectivity index (χ4n) is 2.51. The number of hydrogen-bond acceptors (Lipinski definition) is 2. The molecule has 1 aromatic heterocycles. The van der Waals surface area contributed by atoms with Crippen LogP contribution in [0.3, 0.4) is 0 Å². The van der Waals surface area contributed by atoms with Crippen LogP contribution in [0.5, 0.6) is 0 Å². The van der Waals surface area contributed by atoms with Crippen molar-refractivity contribution in [1.29, 1.82) is 0 Å². The molecule has 0 saturated carbocycles. The number of fused-ring (bicyclic) bond motifs is 1. The number of halogens is 5. The molecule has 1 N–H and O–H groups in total. The summed E-state index contributed by atoms with van der Waals surface area (Å²) >= 11 is 0. The summed E-state index contributed by atoms with van der Waals surface area (Å²) in [6.07, 6.45) is -3.63. The minimum Gasteiger partial charge on any atom is -0.334 e. The lowest BCUT2D eigenvalue weighted by Gasteiger charge is -2.27. The van der Waals surface area contributed by atoms with Crippen LogP contribution in [-0.2, 0) is 25.8 Å². The highest BCUT2D eigenvalue weighted by molar-refractivity contribution is 5.74. The second kappa shape index (κ2) is 6.34. The van der Waals surface area contributed by atoms with Gasteiger partial charge in [0.1, 0.15) is 17.5 Å². The average Bonchev–Trinajstić information content (AvgIpc) is 2.97. The third-order valence-corrected chi connectivity index (χ3v) is 3.83. The van der Waals surface area contributed by atoms with Crippen LogP contribution in [0.2, 0.25) is 0 Å². The topological polar surface area (TPSA) is 50.2 Å². The fraction of sp³-hybridized carbons (Fsp3) is 0.333. The average molecular weight is 360 g/mol. The number of carbonyl (C=O) groups is 1. The molecule has 0 radical (unpaired) electrons. The van der Waals surface area contributed by atoms with Crippen LogP contribution in [0, 0.1) is 11.6 Å². The Morgan fingerprint density at radius 3 is 2.68 bits per heavy atom. The van der Waals surface area contributed by atoms with E-state index in [2.05, 4.69) is 10.3 Å². The SMILES string of the molecule is O=C(NCc1ccc(F)cc1F)N1CCn2cc(C(F)(F)F)nc2C1. The Balaban J connectivity index is 1.63. The van der Waals surface area contributed by atoms with Crippen LogP contribution in [0.1, 0.15) is 17.1 Å². The molecule has 5 nitrogen and oxygen atoms in total. The number of amides is 2. The zero-order chi connectivity index (χ0) is 18.2. The molecule has 0 spiro atoms. The molecule has 3 rings (SSSR count). The smallest absolute Gasteiger partial charge is 0.334 e. The predicted molar refractivity (Wildman–Crippen MR) is 76.2 cm³/mol. The Kier molecular flexibility index (Phi) is 4.36.